The molecule has 1 saturated carbocycles. The predicted molar refractivity (Wildman–Crippen MR) is 146 cm³/mol. The summed E-state index contributed by atoms with van der Waals surface area (Å²) in [5.74, 6) is -7.44. The van der Waals surface area contributed by atoms with Gasteiger partial charge in [-0.05, 0) is 30.3 Å². The predicted octanol–water partition coefficient (Wildman–Crippen LogP) is 4.86. The van der Waals surface area contributed by atoms with E-state index in [9.17, 15) is 17.2 Å². The molecule has 10 nitrogen and oxygen atoms in total. The fraction of sp³-hybridized carbons (Fsp3) is 0.321. The first kappa shape index (κ1) is 30.1. The van der Waals surface area contributed by atoms with E-state index in [1.807, 2.05) is 0 Å². The molecule has 2 aromatic heterocycles. The van der Waals surface area contributed by atoms with Gasteiger partial charge in [0, 0.05) is 61.6 Å². The molecule has 43 heavy (non-hydrogen) atoms. The first-order valence-corrected chi connectivity index (χ1v) is 14.4. The summed E-state index contributed by atoms with van der Waals surface area (Å²) in [6.07, 6.45) is 1.30. The summed E-state index contributed by atoms with van der Waals surface area (Å²) in [7, 11) is -0.393. The Hall–Kier alpha value is -4.40. The summed E-state index contributed by atoms with van der Waals surface area (Å²) in [5, 5.41) is 4.00. The topological polar surface area (TPSA) is 109 Å². The van der Waals surface area contributed by atoms with Crippen molar-refractivity contribution in [2.75, 3.05) is 18.5 Å². The van der Waals surface area contributed by atoms with Crippen LogP contribution in [-0.2, 0) is 23.6 Å². The van der Waals surface area contributed by atoms with Crippen molar-refractivity contribution in [3.05, 3.63) is 84.1 Å². The van der Waals surface area contributed by atoms with Crippen molar-refractivity contribution in [1.82, 2.24) is 19.7 Å². The number of benzene rings is 2. The van der Waals surface area contributed by atoms with E-state index in [1.165, 1.54) is 43.4 Å². The number of anilines is 1. The van der Waals surface area contributed by atoms with Gasteiger partial charge in [0.2, 0.25) is 5.82 Å². The minimum Gasteiger partial charge on any atom is -0.497 e. The zero-order chi connectivity index (χ0) is 30.9. The zero-order valence-electron chi connectivity index (χ0n) is 23.2. The molecule has 0 saturated heterocycles. The van der Waals surface area contributed by atoms with Gasteiger partial charge in [-0.2, -0.15) is 9.49 Å². The quantitative estimate of drug-likeness (QED) is 0.231. The third kappa shape index (κ3) is 5.94. The molecule has 1 aliphatic carbocycles. The molecule has 0 amide bonds. The lowest BCUT2D eigenvalue weighted by molar-refractivity contribution is -0.00168. The van der Waals surface area contributed by atoms with Crippen molar-refractivity contribution in [3.8, 4) is 17.2 Å². The highest BCUT2D eigenvalue weighted by molar-refractivity contribution is 7.92. The lowest BCUT2D eigenvalue weighted by Crippen LogP contribution is -2.32. The summed E-state index contributed by atoms with van der Waals surface area (Å²) in [4.78, 5) is 6.78. The SMILES string of the molecule is COc1ccc(CN(c2ccncn2)S(=O)(=O)c2ccc(O[C@H]3CC(F)(F)C[C@@H]3c3ccnn3C)c(F)c2F)c(OC)c1. The molecule has 0 N–H and O–H groups in total. The second kappa shape index (κ2) is 11.7. The van der Waals surface area contributed by atoms with Crippen LogP contribution in [0.3, 0.4) is 0 Å². The Morgan fingerprint density at radius 2 is 1.79 bits per heavy atom. The number of methoxy groups -OCH3 is 2. The molecule has 0 radical (unpaired) electrons. The summed E-state index contributed by atoms with van der Waals surface area (Å²) in [6, 6.07) is 9.26. The maximum atomic E-state index is 15.6. The van der Waals surface area contributed by atoms with E-state index >= 15 is 8.78 Å². The van der Waals surface area contributed by atoms with E-state index in [0.717, 1.165) is 22.8 Å². The standard InChI is InChI=1S/C28H27F4N5O5S/c1-36-20(8-11-35-36)19-13-28(31,32)14-23(19)42-21-6-7-24(27(30)26(21)29)43(38,39)37(25-9-10-33-16-34-25)15-17-4-5-18(40-2)12-22(17)41-3/h4-12,16,19,23H,13-15H2,1-3H3/t19-,23+/m1/s1. The summed E-state index contributed by atoms with van der Waals surface area (Å²) in [6.45, 7) is -0.380. The fourth-order valence-corrected chi connectivity index (χ4v) is 6.54. The Kier molecular flexibility index (Phi) is 8.18. The van der Waals surface area contributed by atoms with E-state index in [1.54, 1.807) is 25.2 Å². The maximum absolute atomic E-state index is 15.6. The minimum atomic E-state index is -4.81. The number of rotatable bonds is 10. The zero-order valence-corrected chi connectivity index (χ0v) is 24.1. The van der Waals surface area contributed by atoms with E-state index < -0.39 is 63.1 Å². The minimum absolute atomic E-state index is 0.125. The molecular formula is C28H27F4N5O5S. The second-order valence-electron chi connectivity index (χ2n) is 9.85. The average Bonchev–Trinajstić information content (AvgIpc) is 3.55. The van der Waals surface area contributed by atoms with Gasteiger partial charge in [0.25, 0.3) is 15.9 Å². The van der Waals surface area contributed by atoms with Gasteiger partial charge in [0.05, 0.1) is 20.8 Å². The van der Waals surface area contributed by atoms with E-state index in [4.69, 9.17) is 14.2 Å². The highest BCUT2D eigenvalue weighted by Crippen LogP contribution is 2.46. The van der Waals surface area contributed by atoms with Crippen LogP contribution >= 0.6 is 0 Å². The van der Waals surface area contributed by atoms with E-state index in [0.29, 0.717) is 17.0 Å². The lowest BCUT2D eigenvalue weighted by atomic mass is 10.0. The van der Waals surface area contributed by atoms with Crippen molar-refractivity contribution in [2.24, 2.45) is 7.05 Å². The second-order valence-corrected chi connectivity index (χ2v) is 11.7. The van der Waals surface area contributed by atoms with E-state index in [2.05, 4.69) is 15.1 Å². The molecule has 2 aromatic carbocycles. The van der Waals surface area contributed by atoms with Gasteiger partial charge in [-0.25, -0.2) is 35.9 Å². The lowest BCUT2D eigenvalue weighted by Gasteiger charge is -2.25. The maximum Gasteiger partial charge on any atom is 0.268 e. The van der Waals surface area contributed by atoms with Gasteiger partial charge in [-0.15, -0.1) is 0 Å². The summed E-state index contributed by atoms with van der Waals surface area (Å²) >= 11 is 0. The van der Waals surface area contributed by atoms with Crippen LogP contribution in [0.2, 0.25) is 0 Å². The van der Waals surface area contributed by atoms with Gasteiger partial charge in [-0.3, -0.25) is 4.68 Å². The van der Waals surface area contributed by atoms with Crippen LogP contribution in [0.5, 0.6) is 17.2 Å². The molecule has 2 heterocycles. The highest BCUT2D eigenvalue weighted by atomic mass is 32.2. The number of halogens is 4. The van der Waals surface area contributed by atoms with Crippen LogP contribution in [-0.4, -0.2) is 54.4 Å². The van der Waals surface area contributed by atoms with Crippen molar-refractivity contribution in [2.45, 2.75) is 42.2 Å². The number of hydrogen-bond donors (Lipinski definition) is 0. The van der Waals surface area contributed by atoms with Crippen molar-refractivity contribution >= 4 is 15.8 Å². The Balaban J connectivity index is 1.50. The first-order valence-electron chi connectivity index (χ1n) is 12.9. The molecule has 4 aromatic rings. The van der Waals surface area contributed by atoms with Crippen LogP contribution < -0.4 is 18.5 Å². The number of alkyl halides is 2. The highest BCUT2D eigenvalue weighted by Gasteiger charge is 2.49. The Morgan fingerprint density at radius 3 is 2.44 bits per heavy atom. The van der Waals surface area contributed by atoms with Crippen LogP contribution in [0.25, 0.3) is 0 Å². The molecule has 1 aliphatic rings. The number of hydrogen-bond acceptors (Lipinski definition) is 8. The van der Waals surface area contributed by atoms with Gasteiger partial charge in [0.15, 0.2) is 11.6 Å². The van der Waals surface area contributed by atoms with Crippen LogP contribution in [0.4, 0.5) is 23.4 Å². The molecule has 5 rings (SSSR count). The Labute approximate surface area is 244 Å². The summed E-state index contributed by atoms with van der Waals surface area (Å²) < 4.78 is 106. The van der Waals surface area contributed by atoms with Gasteiger partial charge in [0.1, 0.15) is 34.6 Å². The summed E-state index contributed by atoms with van der Waals surface area (Å²) in [5.41, 5.74) is 0.811. The molecule has 0 spiro atoms. The van der Waals surface area contributed by atoms with E-state index in [-0.39, 0.29) is 18.1 Å². The van der Waals surface area contributed by atoms with Crippen LogP contribution in [0, 0.1) is 11.6 Å². The van der Waals surface area contributed by atoms with Crippen molar-refractivity contribution in [1.29, 1.82) is 0 Å². The van der Waals surface area contributed by atoms with Crippen LogP contribution in [0.1, 0.15) is 30.0 Å². The van der Waals surface area contributed by atoms with Gasteiger partial charge < -0.3 is 14.2 Å². The molecule has 0 bridgehead atoms. The van der Waals surface area contributed by atoms with Crippen molar-refractivity contribution < 1.29 is 40.2 Å². The monoisotopic (exact) mass is 621 g/mol. The number of nitrogens with zero attached hydrogens (tertiary/aromatic N) is 5. The average molecular weight is 622 g/mol. The molecule has 2 atom stereocenters. The number of sulfonamides is 1. The molecule has 0 aliphatic heterocycles. The fourth-order valence-electron chi connectivity index (χ4n) is 5.08. The molecule has 228 valence electrons. The number of ether oxygens (including phenoxy) is 3. The third-order valence-corrected chi connectivity index (χ3v) is 8.96. The Morgan fingerprint density at radius 1 is 1.00 bits per heavy atom. The van der Waals surface area contributed by atoms with Crippen LogP contribution in [0.15, 0.2) is 66.1 Å². The third-order valence-electron chi connectivity index (χ3n) is 7.19. The van der Waals surface area contributed by atoms with Gasteiger partial charge >= 0.3 is 0 Å². The first-order chi connectivity index (χ1) is 20.4. The molecule has 15 heteroatoms. The molecular weight excluding hydrogens is 594 g/mol. The number of aromatic nitrogens is 4. The smallest absolute Gasteiger partial charge is 0.268 e. The van der Waals surface area contributed by atoms with Gasteiger partial charge in [-0.1, -0.05) is 0 Å². The molecule has 0 unspecified atom stereocenters. The van der Waals surface area contributed by atoms with Crippen molar-refractivity contribution in [3.63, 3.8) is 0 Å². The Bertz CT molecular complexity index is 1720. The number of aryl methyl sites for hydroxylation is 1. The molecule has 1 fully saturated rings. The largest absolute Gasteiger partial charge is 0.497 e. The normalized spacial score (nSPS) is 17.9.